The number of likely N-dealkylation sites (tertiary alicyclic amines) is 2. The third-order valence-corrected chi connectivity index (χ3v) is 13.6. The molecule has 0 radical (unpaired) electrons. The van der Waals surface area contributed by atoms with Crippen LogP contribution in [0.15, 0.2) is 82.4 Å². The first kappa shape index (κ1) is 42.4. The summed E-state index contributed by atoms with van der Waals surface area (Å²) in [5, 5.41) is 31.8. The van der Waals surface area contributed by atoms with E-state index in [1.165, 1.54) is 0 Å². The van der Waals surface area contributed by atoms with Crippen molar-refractivity contribution in [3.63, 3.8) is 0 Å². The third kappa shape index (κ3) is 9.61. The Morgan fingerprint density at radius 1 is 0.677 bits per heavy atom. The average Bonchev–Trinajstić information content (AvgIpc) is 4.09. The second-order valence-electron chi connectivity index (χ2n) is 16.2. The second kappa shape index (κ2) is 18.8. The fourth-order valence-corrected chi connectivity index (χ4v) is 10.4. The normalized spacial score (nSPS) is 17.3. The standard InChI is InChI=1S/C46H50N8O6S2/c1-27-28(2)36(38-24-48-44(52-38)40-6-4-16-54(40)42(56)22-34(50-46(59)60)20-30-14-18-62-26-30)12-11-35(27)31-7-9-32(10-8-31)37-23-47-43(51-37)39-5-3-15-53(39)41(55)21-33(49-45(57)58)19-29-13-17-61-25-29/h7-14,17-18,23-26,33-34,39-40,49-50H,3-6,15-16,19-22H2,1-2H3,(H,47,51)(H,48,52)(H,57,58)(H,59,60)/t33-,34-,39?,40?/m0/s1. The van der Waals surface area contributed by atoms with E-state index in [9.17, 15) is 29.4 Å². The topological polar surface area (TPSA) is 197 Å². The van der Waals surface area contributed by atoms with E-state index >= 15 is 0 Å². The van der Waals surface area contributed by atoms with Crippen LogP contribution < -0.4 is 10.6 Å². The summed E-state index contributed by atoms with van der Waals surface area (Å²) < 4.78 is 0. The summed E-state index contributed by atoms with van der Waals surface area (Å²) in [6, 6.07) is 15.0. The predicted molar refractivity (Wildman–Crippen MR) is 239 cm³/mol. The van der Waals surface area contributed by atoms with Crippen LogP contribution in [-0.4, -0.2) is 89.1 Å². The van der Waals surface area contributed by atoms with Crippen molar-refractivity contribution in [3.05, 3.63) is 116 Å². The number of benzene rings is 2. The highest BCUT2D eigenvalue weighted by Gasteiger charge is 2.35. The van der Waals surface area contributed by atoms with Gasteiger partial charge in [0, 0.05) is 43.6 Å². The molecule has 2 fully saturated rings. The van der Waals surface area contributed by atoms with Crippen molar-refractivity contribution in [2.45, 2.75) is 89.4 Å². The van der Waals surface area contributed by atoms with Crippen molar-refractivity contribution in [1.29, 1.82) is 0 Å². The first-order valence-corrected chi connectivity index (χ1v) is 22.8. The van der Waals surface area contributed by atoms with Crippen molar-refractivity contribution < 1.29 is 29.4 Å². The van der Waals surface area contributed by atoms with E-state index < -0.39 is 24.3 Å². The van der Waals surface area contributed by atoms with Gasteiger partial charge in [-0.3, -0.25) is 9.59 Å². The molecule has 14 nitrogen and oxygen atoms in total. The first-order chi connectivity index (χ1) is 30.0. The summed E-state index contributed by atoms with van der Waals surface area (Å²) >= 11 is 3.09. The molecule has 2 unspecified atom stereocenters. The van der Waals surface area contributed by atoms with E-state index in [1.54, 1.807) is 28.9 Å². The lowest BCUT2D eigenvalue weighted by Crippen LogP contribution is -2.41. The van der Waals surface area contributed by atoms with Crippen molar-refractivity contribution in [1.82, 2.24) is 40.4 Å². The first-order valence-electron chi connectivity index (χ1n) is 20.9. The molecule has 0 saturated carbocycles. The van der Waals surface area contributed by atoms with Crippen LogP contribution in [0.5, 0.6) is 0 Å². The number of carbonyl (C=O) groups excluding carboxylic acids is 2. The van der Waals surface area contributed by atoms with Crippen LogP contribution in [0.1, 0.15) is 84.5 Å². The van der Waals surface area contributed by atoms with E-state index in [4.69, 9.17) is 9.97 Å². The van der Waals surface area contributed by atoms with Gasteiger partial charge in [0.25, 0.3) is 0 Å². The van der Waals surface area contributed by atoms with Crippen LogP contribution in [0, 0.1) is 13.8 Å². The minimum absolute atomic E-state index is 0.0751. The summed E-state index contributed by atoms with van der Waals surface area (Å²) in [5.41, 5.74) is 10.2. The Hall–Kier alpha value is -6.26. The molecule has 322 valence electrons. The molecule has 8 rings (SSSR count). The van der Waals surface area contributed by atoms with E-state index in [2.05, 4.69) is 70.8 Å². The smallest absolute Gasteiger partial charge is 0.404 e. The maximum absolute atomic E-state index is 13.6. The Bertz CT molecular complexity index is 2520. The van der Waals surface area contributed by atoms with E-state index in [0.717, 1.165) is 93.2 Å². The number of nitrogens with zero attached hydrogens (tertiary/aromatic N) is 4. The van der Waals surface area contributed by atoms with Crippen LogP contribution in [0.3, 0.4) is 0 Å². The Morgan fingerprint density at radius 2 is 1.15 bits per heavy atom. The summed E-state index contributed by atoms with van der Waals surface area (Å²) in [6.07, 6.45) is 5.65. The Labute approximate surface area is 367 Å². The van der Waals surface area contributed by atoms with Gasteiger partial charge in [-0.05, 0) is 125 Å². The Morgan fingerprint density at radius 3 is 1.65 bits per heavy atom. The van der Waals surface area contributed by atoms with Gasteiger partial charge in [-0.15, -0.1) is 0 Å². The van der Waals surface area contributed by atoms with Gasteiger partial charge in [-0.1, -0.05) is 36.4 Å². The third-order valence-electron chi connectivity index (χ3n) is 12.2. The number of carbonyl (C=O) groups is 4. The van der Waals surface area contributed by atoms with Gasteiger partial charge < -0.3 is 40.6 Å². The molecule has 0 aliphatic carbocycles. The van der Waals surface area contributed by atoms with Gasteiger partial charge in [-0.25, -0.2) is 19.6 Å². The number of aromatic amines is 2. The fourth-order valence-electron chi connectivity index (χ4n) is 8.99. The van der Waals surface area contributed by atoms with Crippen LogP contribution >= 0.6 is 22.7 Å². The van der Waals surface area contributed by atoms with E-state index in [0.29, 0.717) is 25.9 Å². The van der Waals surface area contributed by atoms with Gasteiger partial charge in [-0.2, -0.15) is 22.7 Å². The van der Waals surface area contributed by atoms with Crippen molar-refractivity contribution in [3.8, 4) is 33.6 Å². The number of aromatic nitrogens is 4. The summed E-state index contributed by atoms with van der Waals surface area (Å²) in [4.78, 5) is 70.3. The molecule has 2 aliphatic rings. The van der Waals surface area contributed by atoms with Crippen molar-refractivity contribution >= 4 is 46.7 Å². The highest BCUT2D eigenvalue weighted by molar-refractivity contribution is 7.08. The van der Waals surface area contributed by atoms with E-state index in [-0.39, 0.29) is 36.7 Å². The number of thiophene rings is 2. The molecule has 2 aliphatic heterocycles. The molecule has 2 saturated heterocycles. The number of amides is 4. The zero-order valence-corrected chi connectivity index (χ0v) is 36.2. The molecule has 4 atom stereocenters. The highest BCUT2D eigenvalue weighted by atomic mass is 32.1. The van der Waals surface area contributed by atoms with Gasteiger partial charge in [0.05, 0.1) is 35.9 Å². The molecule has 6 heterocycles. The number of nitrogens with one attached hydrogen (secondary N) is 4. The maximum atomic E-state index is 13.6. The van der Waals surface area contributed by atoms with E-state index in [1.807, 2.05) is 49.6 Å². The second-order valence-corrected chi connectivity index (χ2v) is 17.8. The number of carboxylic acid groups (broad SMARTS) is 2. The van der Waals surface area contributed by atoms with Crippen molar-refractivity contribution in [2.24, 2.45) is 0 Å². The Balaban J connectivity index is 0.918. The molecule has 62 heavy (non-hydrogen) atoms. The van der Waals surface area contributed by atoms with Gasteiger partial charge in [0.1, 0.15) is 11.6 Å². The quantitative estimate of drug-likeness (QED) is 0.0589. The minimum Gasteiger partial charge on any atom is -0.465 e. The number of imidazole rings is 2. The van der Waals surface area contributed by atoms with Crippen molar-refractivity contribution in [2.75, 3.05) is 13.1 Å². The maximum Gasteiger partial charge on any atom is 0.404 e. The molecule has 4 amide bonds. The Kier molecular flexibility index (Phi) is 12.9. The average molecular weight is 875 g/mol. The molecule has 4 aromatic heterocycles. The van der Waals surface area contributed by atoms with Crippen LogP contribution in [0.2, 0.25) is 0 Å². The number of hydrogen-bond acceptors (Lipinski definition) is 8. The monoisotopic (exact) mass is 874 g/mol. The molecule has 6 aromatic rings. The zero-order chi connectivity index (χ0) is 43.3. The lowest BCUT2D eigenvalue weighted by atomic mass is 9.92. The van der Waals surface area contributed by atoms with Gasteiger partial charge >= 0.3 is 12.2 Å². The van der Waals surface area contributed by atoms with Gasteiger partial charge in [0.2, 0.25) is 11.8 Å². The zero-order valence-electron chi connectivity index (χ0n) is 34.6. The summed E-state index contributed by atoms with van der Waals surface area (Å²) in [5.74, 6) is 1.26. The lowest BCUT2D eigenvalue weighted by molar-refractivity contribution is -0.133. The predicted octanol–water partition coefficient (Wildman–Crippen LogP) is 8.74. The van der Waals surface area contributed by atoms with Crippen LogP contribution in [-0.2, 0) is 22.4 Å². The number of rotatable bonds is 15. The van der Waals surface area contributed by atoms with Crippen LogP contribution in [0.4, 0.5) is 9.59 Å². The minimum atomic E-state index is -1.14. The highest BCUT2D eigenvalue weighted by Crippen LogP contribution is 2.37. The van der Waals surface area contributed by atoms with Crippen LogP contribution in [0.25, 0.3) is 33.6 Å². The number of H-pyrrole nitrogens is 2. The molecule has 0 bridgehead atoms. The summed E-state index contributed by atoms with van der Waals surface area (Å²) in [7, 11) is 0. The largest absolute Gasteiger partial charge is 0.465 e. The summed E-state index contributed by atoms with van der Waals surface area (Å²) in [6.45, 7) is 5.41. The number of hydrogen-bond donors (Lipinski definition) is 6. The SMILES string of the molecule is Cc1c(-c2ccc(-c3cnc(C4CCCN4C(=O)C[C@H](Cc4ccsc4)NC(=O)O)[nH]3)cc2)ccc(-c2cnc(C3CCCN3C(=O)C[C@H](Cc3ccsc3)NC(=O)O)[nH]2)c1C. The lowest BCUT2D eigenvalue weighted by Gasteiger charge is -2.26. The molecular weight excluding hydrogens is 825 g/mol. The molecule has 0 spiro atoms. The molecule has 6 N–H and O–H groups in total. The molecule has 16 heteroatoms. The molecule has 2 aromatic carbocycles. The fraction of sp³-hybridized carbons (Fsp3) is 0.348. The molecular formula is C46H50N8O6S2. The van der Waals surface area contributed by atoms with Gasteiger partial charge in [0.15, 0.2) is 0 Å².